The number of carbonyl (C=O) groups is 1. The molecular formula is C20H28N2O3S. The first kappa shape index (κ1) is 20.4. The maximum Gasteiger partial charge on any atom is 0.253 e. The van der Waals surface area contributed by atoms with Gasteiger partial charge in [-0.1, -0.05) is 26.0 Å². The molecule has 26 heavy (non-hydrogen) atoms. The number of hydrogen-bond acceptors (Lipinski definition) is 3. The number of sulfonamides is 1. The minimum atomic E-state index is -3.64. The lowest BCUT2D eigenvalue weighted by atomic mass is 9.91. The zero-order valence-corrected chi connectivity index (χ0v) is 16.4. The second-order valence-corrected chi connectivity index (χ2v) is 9.02. The molecule has 1 aromatic rings. The third kappa shape index (κ3) is 4.62. The van der Waals surface area contributed by atoms with E-state index in [1.165, 1.54) is 28.6 Å². The van der Waals surface area contributed by atoms with E-state index in [-0.39, 0.29) is 23.9 Å². The van der Waals surface area contributed by atoms with E-state index in [1.807, 2.05) is 4.90 Å². The Hall–Kier alpha value is -1.92. The highest BCUT2D eigenvalue weighted by Crippen LogP contribution is 2.23. The molecule has 0 spiro atoms. The van der Waals surface area contributed by atoms with Gasteiger partial charge in [0.15, 0.2) is 0 Å². The summed E-state index contributed by atoms with van der Waals surface area (Å²) in [5.74, 6) is 0.920. The summed E-state index contributed by atoms with van der Waals surface area (Å²) in [6.07, 6.45) is 4.21. The van der Waals surface area contributed by atoms with E-state index < -0.39 is 10.0 Å². The number of benzene rings is 1. The number of carbonyl (C=O) groups excluding carboxylic acids is 1. The number of likely N-dealkylation sites (tertiary alicyclic amines) is 1. The van der Waals surface area contributed by atoms with E-state index in [1.54, 1.807) is 12.1 Å². The van der Waals surface area contributed by atoms with Gasteiger partial charge in [0.05, 0.1) is 4.90 Å². The van der Waals surface area contributed by atoms with Crippen LogP contribution in [0, 0.1) is 11.8 Å². The van der Waals surface area contributed by atoms with Gasteiger partial charge in [-0.3, -0.25) is 4.79 Å². The Balaban J connectivity index is 2.20. The Morgan fingerprint density at radius 2 is 1.62 bits per heavy atom. The van der Waals surface area contributed by atoms with Crippen molar-refractivity contribution in [1.82, 2.24) is 9.21 Å². The van der Waals surface area contributed by atoms with Crippen LogP contribution in [0.4, 0.5) is 0 Å². The van der Waals surface area contributed by atoms with Crippen LogP contribution < -0.4 is 0 Å². The average molecular weight is 377 g/mol. The molecule has 0 aliphatic carbocycles. The molecule has 5 nitrogen and oxygen atoms in total. The van der Waals surface area contributed by atoms with Crippen molar-refractivity contribution >= 4 is 15.9 Å². The van der Waals surface area contributed by atoms with Crippen LogP contribution in [-0.4, -0.2) is 49.7 Å². The number of hydrogen-bond donors (Lipinski definition) is 0. The summed E-state index contributed by atoms with van der Waals surface area (Å²) in [6, 6.07) is 6.19. The molecule has 0 saturated carbocycles. The molecule has 6 heteroatoms. The van der Waals surface area contributed by atoms with Crippen LogP contribution in [-0.2, 0) is 10.0 Å². The van der Waals surface area contributed by atoms with Gasteiger partial charge in [-0.15, -0.1) is 13.2 Å². The number of rotatable bonds is 7. The number of piperidine rings is 1. The van der Waals surface area contributed by atoms with Gasteiger partial charge < -0.3 is 4.90 Å². The normalized spacial score (nSPS) is 20.8. The fourth-order valence-corrected chi connectivity index (χ4v) is 4.87. The molecule has 0 aromatic heterocycles. The van der Waals surface area contributed by atoms with Crippen LogP contribution in [0.25, 0.3) is 0 Å². The first-order valence-electron chi connectivity index (χ1n) is 8.90. The van der Waals surface area contributed by atoms with E-state index in [9.17, 15) is 13.2 Å². The van der Waals surface area contributed by atoms with E-state index in [0.29, 0.717) is 17.4 Å². The molecule has 1 aliphatic rings. The first-order valence-corrected chi connectivity index (χ1v) is 10.3. The maximum atomic E-state index is 12.7. The van der Waals surface area contributed by atoms with Crippen molar-refractivity contribution in [3.05, 3.63) is 55.1 Å². The van der Waals surface area contributed by atoms with Crippen LogP contribution >= 0.6 is 0 Å². The lowest BCUT2D eigenvalue weighted by Crippen LogP contribution is -2.42. The topological polar surface area (TPSA) is 57.7 Å². The molecular weight excluding hydrogens is 348 g/mol. The second-order valence-electron chi connectivity index (χ2n) is 7.08. The van der Waals surface area contributed by atoms with Crippen LogP contribution in [0.2, 0.25) is 0 Å². The molecule has 0 radical (unpaired) electrons. The average Bonchev–Trinajstić information content (AvgIpc) is 2.60. The van der Waals surface area contributed by atoms with Crippen molar-refractivity contribution in [2.75, 3.05) is 26.2 Å². The summed E-state index contributed by atoms with van der Waals surface area (Å²) in [5.41, 5.74) is 0.518. The highest BCUT2D eigenvalue weighted by molar-refractivity contribution is 7.89. The minimum absolute atomic E-state index is 0.0404. The van der Waals surface area contributed by atoms with Gasteiger partial charge in [0.1, 0.15) is 0 Å². The lowest BCUT2D eigenvalue weighted by molar-refractivity contribution is 0.0623. The fraction of sp³-hybridized carbons (Fsp3) is 0.450. The molecule has 142 valence electrons. The van der Waals surface area contributed by atoms with Crippen molar-refractivity contribution in [1.29, 1.82) is 0 Å². The third-order valence-corrected chi connectivity index (χ3v) is 6.41. The van der Waals surface area contributed by atoms with E-state index in [0.717, 1.165) is 19.5 Å². The van der Waals surface area contributed by atoms with Gasteiger partial charge in [-0.25, -0.2) is 8.42 Å². The molecule has 1 heterocycles. The summed E-state index contributed by atoms with van der Waals surface area (Å²) < 4.78 is 26.7. The lowest BCUT2D eigenvalue weighted by Gasteiger charge is -2.35. The molecule has 1 fully saturated rings. The molecule has 1 amide bonds. The summed E-state index contributed by atoms with van der Waals surface area (Å²) in [6.45, 7) is 13.4. The molecule has 0 N–H and O–H groups in total. The summed E-state index contributed by atoms with van der Waals surface area (Å²) >= 11 is 0. The molecule has 2 atom stereocenters. The Morgan fingerprint density at radius 3 is 2.08 bits per heavy atom. The predicted octanol–water partition coefficient (Wildman–Crippen LogP) is 3.17. The highest BCUT2D eigenvalue weighted by Gasteiger charge is 2.27. The monoisotopic (exact) mass is 376 g/mol. The van der Waals surface area contributed by atoms with E-state index in [4.69, 9.17) is 0 Å². The van der Waals surface area contributed by atoms with Crippen molar-refractivity contribution in [3.8, 4) is 0 Å². The smallest absolute Gasteiger partial charge is 0.253 e. The summed E-state index contributed by atoms with van der Waals surface area (Å²) in [7, 11) is -3.64. The second kappa shape index (κ2) is 8.64. The van der Waals surface area contributed by atoms with Gasteiger partial charge >= 0.3 is 0 Å². The van der Waals surface area contributed by atoms with Crippen LogP contribution in [0.1, 0.15) is 30.6 Å². The molecule has 2 rings (SSSR count). The molecule has 1 saturated heterocycles. The molecule has 0 bridgehead atoms. The van der Waals surface area contributed by atoms with Crippen LogP contribution in [0.15, 0.2) is 54.5 Å². The van der Waals surface area contributed by atoms with Crippen molar-refractivity contribution in [2.24, 2.45) is 11.8 Å². The van der Waals surface area contributed by atoms with Gasteiger partial charge in [-0.05, 0) is 42.5 Å². The van der Waals surface area contributed by atoms with Gasteiger partial charge in [0.25, 0.3) is 5.91 Å². The van der Waals surface area contributed by atoms with Crippen molar-refractivity contribution in [2.45, 2.75) is 25.2 Å². The minimum Gasteiger partial charge on any atom is -0.338 e. The Bertz CT molecular complexity index is 736. The Kier molecular flexibility index (Phi) is 6.78. The zero-order chi connectivity index (χ0) is 19.3. The van der Waals surface area contributed by atoms with Crippen LogP contribution in [0.3, 0.4) is 0 Å². The van der Waals surface area contributed by atoms with E-state index in [2.05, 4.69) is 27.0 Å². The summed E-state index contributed by atoms with van der Waals surface area (Å²) in [5, 5.41) is 0. The number of nitrogens with zero attached hydrogens (tertiary/aromatic N) is 2. The SMILES string of the molecule is C=CCN(CC=C)S(=O)(=O)c1ccc(C(=O)N2CC(C)CC(C)C2)cc1. The number of amides is 1. The van der Waals surface area contributed by atoms with E-state index >= 15 is 0 Å². The summed E-state index contributed by atoms with van der Waals surface area (Å²) in [4.78, 5) is 14.8. The third-order valence-electron chi connectivity index (χ3n) is 4.56. The first-order chi connectivity index (χ1) is 12.3. The van der Waals surface area contributed by atoms with Crippen LogP contribution in [0.5, 0.6) is 0 Å². The standard InChI is InChI=1S/C20H28N2O3S/c1-5-11-22(12-6-2)26(24,25)19-9-7-18(8-10-19)20(23)21-14-16(3)13-17(4)15-21/h5-10,16-17H,1-2,11-15H2,3-4H3. The van der Waals surface area contributed by atoms with Crippen molar-refractivity contribution < 1.29 is 13.2 Å². The molecule has 1 aromatic carbocycles. The zero-order valence-electron chi connectivity index (χ0n) is 15.6. The van der Waals surface area contributed by atoms with Gasteiger partial charge in [0, 0.05) is 31.7 Å². The Morgan fingerprint density at radius 1 is 1.12 bits per heavy atom. The Labute approximate surface area is 157 Å². The predicted molar refractivity (Wildman–Crippen MR) is 104 cm³/mol. The fourth-order valence-electron chi connectivity index (χ4n) is 3.49. The highest BCUT2D eigenvalue weighted by atomic mass is 32.2. The largest absolute Gasteiger partial charge is 0.338 e. The quantitative estimate of drug-likeness (QED) is 0.687. The maximum absolute atomic E-state index is 12.7. The van der Waals surface area contributed by atoms with Gasteiger partial charge in [0.2, 0.25) is 10.0 Å². The van der Waals surface area contributed by atoms with Gasteiger partial charge in [-0.2, -0.15) is 4.31 Å². The molecule has 1 aliphatic heterocycles. The van der Waals surface area contributed by atoms with Crippen molar-refractivity contribution in [3.63, 3.8) is 0 Å². The molecule has 2 unspecified atom stereocenters.